The second-order valence-corrected chi connectivity index (χ2v) is 10.4. The highest BCUT2D eigenvalue weighted by Crippen LogP contribution is 2.38. The summed E-state index contributed by atoms with van der Waals surface area (Å²) in [6, 6.07) is -1.85. The number of piperazine rings is 1. The molecule has 35 heavy (non-hydrogen) atoms. The topological polar surface area (TPSA) is 110 Å². The van der Waals surface area contributed by atoms with Crippen molar-refractivity contribution in [1.29, 1.82) is 0 Å². The molecule has 2 aliphatic rings. The number of alkyl halides is 2. The molecule has 0 radical (unpaired) electrons. The number of rotatable bonds is 5. The molecule has 0 spiro atoms. The van der Waals surface area contributed by atoms with Crippen molar-refractivity contribution >= 4 is 40.4 Å². The summed E-state index contributed by atoms with van der Waals surface area (Å²) < 4.78 is 54.5. The van der Waals surface area contributed by atoms with Crippen LogP contribution in [-0.4, -0.2) is 80.1 Å². The first-order valence-electron chi connectivity index (χ1n) is 10.9. The molecule has 192 valence electrons. The molecule has 2 aromatic heterocycles. The summed E-state index contributed by atoms with van der Waals surface area (Å²) in [5.74, 6) is -2.26. The van der Waals surface area contributed by atoms with Gasteiger partial charge in [-0.3, -0.25) is 4.90 Å². The summed E-state index contributed by atoms with van der Waals surface area (Å²) >= 11 is 6.93. The van der Waals surface area contributed by atoms with E-state index in [1.807, 2.05) is 0 Å². The Morgan fingerprint density at radius 2 is 2.00 bits per heavy atom. The van der Waals surface area contributed by atoms with Crippen LogP contribution in [0.4, 0.5) is 18.0 Å². The molecule has 2 saturated heterocycles. The van der Waals surface area contributed by atoms with Crippen molar-refractivity contribution in [2.75, 3.05) is 12.8 Å². The number of hydrogen-bond donors (Lipinski definition) is 2. The van der Waals surface area contributed by atoms with Crippen molar-refractivity contribution < 1.29 is 32.5 Å². The van der Waals surface area contributed by atoms with Gasteiger partial charge in [-0.1, -0.05) is 23.4 Å². The fourth-order valence-corrected chi connectivity index (χ4v) is 5.00. The number of carbonyl (C=O) groups is 1. The van der Waals surface area contributed by atoms with Gasteiger partial charge in [-0.2, -0.15) is 9.97 Å². The fraction of sp³-hybridized carbons (Fsp3) is 0.619. The van der Waals surface area contributed by atoms with Crippen molar-refractivity contribution in [3.8, 4) is 11.8 Å². The Bertz CT molecular complexity index is 1140. The number of aromatic hydroxyl groups is 1. The minimum absolute atomic E-state index is 0.0477. The maximum absolute atomic E-state index is 14.6. The van der Waals surface area contributed by atoms with E-state index in [1.54, 1.807) is 27.0 Å². The molecule has 2 bridgehead atoms. The number of fused-ring (bicyclic) bond motifs is 3. The van der Waals surface area contributed by atoms with Gasteiger partial charge in [-0.15, -0.1) is 0 Å². The molecule has 14 heteroatoms. The molecule has 2 N–H and O–H groups in total. The van der Waals surface area contributed by atoms with Crippen molar-refractivity contribution in [1.82, 2.24) is 25.2 Å². The molecule has 0 unspecified atom stereocenters. The van der Waals surface area contributed by atoms with Gasteiger partial charge >= 0.3 is 6.09 Å². The van der Waals surface area contributed by atoms with Crippen LogP contribution in [0.1, 0.15) is 33.6 Å². The molecular formula is C21H25ClF3N5O4S. The van der Waals surface area contributed by atoms with Crippen LogP contribution in [0.2, 0.25) is 5.15 Å². The van der Waals surface area contributed by atoms with Crippen molar-refractivity contribution in [3.05, 3.63) is 11.0 Å². The Morgan fingerprint density at radius 3 is 2.63 bits per heavy atom. The number of nitrogens with one attached hydrogen (secondary N) is 1. The highest BCUT2D eigenvalue weighted by Gasteiger charge is 2.51. The van der Waals surface area contributed by atoms with Crippen LogP contribution in [0, 0.1) is 5.82 Å². The van der Waals surface area contributed by atoms with E-state index in [0.717, 1.165) is 11.8 Å². The average molecular weight is 536 g/mol. The first kappa shape index (κ1) is 25.8. The average Bonchev–Trinajstić information content (AvgIpc) is 3.08. The summed E-state index contributed by atoms with van der Waals surface area (Å²) in [6.45, 7) is 5.44. The van der Waals surface area contributed by atoms with E-state index in [4.69, 9.17) is 21.1 Å². The van der Waals surface area contributed by atoms with Crippen molar-refractivity contribution in [2.45, 2.75) is 75.0 Å². The number of halogens is 4. The Labute approximate surface area is 208 Å². The van der Waals surface area contributed by atoms with Crippen LogP contribution in [0.15, 0.2) is 5.16 Å². The van der Waals surface area contributed by atoms with Crippen molar-refractivity contribution in [2.24, 2.45) is 0 Å². The number of aromatic nitrogens is 3. The van der Waals surface area contributed by atoms with Gasteiger partial charge in [-0.25, -0.2) is 22.9 Å². The predicted molar refractivity (Wildman–Crippen MR) is 123 cm³/mol. The summed E-state index contributed by atoms with van der Waals surface area (Å²) in [5.41, 5.74) is -1.16. The molecule has 4 heterocycles. The Morgan fingerprint density at radius 1 is 1.29 bits per heavy atom. The van der Waals surface area contributed by atoms with Crippen LogP contribution in [0.3, 0.4) is 0 Å². The van der Waals surface area contributed by atoms with Crippen LogP contribution in [-0.2, 0) is 4.74 Å². The molecule has 0 aromatic carbocycles. The smallest absolute Gasteiger partial charge is 0.410 e. The number of ether oxygens (including phenoxy) is 2. The number of pyridine rings is 1. The third kappa shape index (κ3) is 5.03. The lowest BCUT2D eigenvalue weighted by atomic mass is 9.99. The van der Waals surface area contributed by atoms with Gasteiger partial charge in [0.25, 0.3) is 6.43 Å². The lowest BCUT2D eigenvalue weighted by Gasteiger charge is -2.43. The molecule has 4 atom stereocenters. The van der Waals surface area contributed by atoms with E-state index in [1.165, 1.54) is 4.90 Å². The van der Waals surface area contributed by atoms with Gasteiger partial charge in [0, 0.05) is 12.6 Å². The van der Waals surface area contributed by atoms with Gasteiger partial charge in [0.1, 0.15) is 16.5 Å². The normalized spacial score (nSPS) is 23.1. The Balaban J connectivity index is 1.70. The maximum Gasteiger partial charge on any atom is 0.410 e. The second kappa shape index (κ2) is 9.66. The number of carbonyl (C=O) groups excluding carboxylic acids is 1. The van der Waals surface area contributed by atoms with E-state index in [-0.39, 0.29) is 23.1 Å². The van der Waals surface area contributed by atoms with Crippen LogP contribution in [0.25, 0.3) is 10.9 Å². The quantitative estimate of drug-likeness (QED) is 0.333. The Kier molecular flexibility index (Phi) is 7.13. The molecular weight excluding hydrogens is 511 g/mol. The monoisotopic (exact) mass is 535 g/mol. The molecule has 9 nitrogen and oxygen atoms in total. The molecule has 2 fully saturated rings. The third-order valence-electron chi connectivity index (χ3n) is 5.86. The zero-order valence-electron chi connectivity index (χ0n) is 19.4. The highest BCUT2D eigenvalue weighted by atomic mass is 35.5. The van der Waals surface area contributed by atoms with Crippen molar-refractivity contribution in [3.63, 3.8) is 0 Å². The van der Waals surface area contributed by atoms with E-state index in [2.05, 4.69) is 20.3 Å². The first-order valence-corrected chi connectivity index (χ1v) is 12.5. The summed E-state index contributed by atoms with van der Waals surface area (Å²) in [6.07, 6.45) is -2.75. The number of amides is 1. The Hall–Kier alpha value is -2.25. The van der Waals surface area contributed by atoms with Gasteiger partial charge in [-0.05, 0) is 39.9 Å². The third-order valence-corrected chi connectivity index (χ3v) is 6.66. The van der Waals surface area contributed by atoms with E-state index >= 15 is 0 Å². The summed E-state index contributed by atoms with van der Waals surface area (Å²) in [7, 11) is 0. The van der Waals surface area contributed by atoms with Gasteiger partial charge < -0.3 is 19.9 Å². The van der Waals surface area contributed by atoms with Crippen LogP contribution in [0.5, 0.6) is 11.8 Å². The summed E-state index contributed by atoms with van der Waals surface area (Å²) in [5, 5.41) is 12.5. The van der Waals surface area contributed by atoms with E-state index in [0.29, 0.717) is 12.8 Å². The zero-order chi connectivity index (χ0) is 25.7. The van der Waals surface area contributed by atoms with Gasteiger partial charge in [0.2, 0.25) is 11.8 Å². The molecule has 0 aliphatic carbocycles. The molecule has 0 saturated carbocycles. The predicted octanol–water partition coefficient (Wildman–Crippen LogP) is 4.00. The zero-order valence-corrected chi connectivity index (χ0v) is 21.0. The molecule has 2 aliphatic heterocycles. The van der Waals surface area contributed by atoms with E-state index < -0.39 is 64.6 Å². The standard InChI is InChI=1S/C21H25ClF3N5O4S/c1-21(2,3)34-20(32)30-8-5-6-9(30)12(26-7-8)14(16(24)25)33-18-10-13(11(23)15(22)28-18)27-19(35-4)29-17(10)31/h8-9,12,14,16,26H,5-7H2,1-4H3,(H,27,29,31)/t8-,9+,12-,14-/m0/s1. The van der Waals surface area contributed by atoms with E-state index in [9.17, 15) is 23.1 Å². The lowest BCUT2D eigenvalue weighted by molar-refractivity contribution is -0.0470. The molecule has 1 amide bonds. The summed E-state index contributed by atoms with van der Waals surface area (Å²) in [4.78, 5) is 25.9. The minimum Gasteiger partial charge on any atom is -0.493 e. The minimum atomic E-state index is -3.03. The maximum atomic E-state index is 14.6. The second-order valence-electron chi connectivity index (χ2n) is 9.32. The number of hydrogen-bond acceptors (Lipinski definition) is 9. The number of thioether (sulfide) groups is 1. The van der Waals surface area contributed by atoms with Crippen LogP contribution >= 0.6 is 23.4 Å². The molecule has 2 aromatic rings. The highest BCUT2D eigenvalue weighted by molar-refractivity contribution is 7.98. The molecule has 4 rings (SSSR count). The first-order chi connectivity index (χ1) is 16.4. The fourth-order valence-electron chi connectivity index (χ4n) is 4.47. The van der Waals surface area contributed by atoms with Gasteiger partial charge in [0.05, 0.1) is 12.1 Å². The van der Waals surface area contributed by atoms with Crippen LogP contribution < -0.4 is 10.1 Å². The van der Waals surface area contributed by atoms with Gasteiger partial charge in [0.15, 0.2) is 22.2 Å². The SMILES string of the molecule is CSc1nc(O)c2c(O[C@H](C(F)F)[C@H]3NC[C@@H]4CC[C@H]3N4C(=O)OC(C)(C)C)nc(Cl)c(F)c2n1. The number of nitrogens with zero attached hydrogens (tertiary/aromatic N) is 4. The lowest BCUT2D eigenvalue weighted by Crippen LogP contribution is -2.65. The largest absolute Gasteiger partial charge is 0.493 e.